The Kier molecular flexibility index (Phi) is 19.3. The lowest BCUT2D eigenvalue weighted by Crippen LogP contribution is -2.41. The first-order chi connectivity index (χ1) is 38.2. The fourth-order valence-corrected chi connectivity index (χ4v) is 9.99. The third kappa shape index (κ3) is 12.6. The molecule has 9 rings (SSSR count). The zero-order chi connectivity index (χ0) is 54.4. The summed E-state index contributed by atoms with van der Waals surface area (Å²) in [6.07, 6.45) is 0.667. The number of carbonyl (C=O) groups is 4. The van der Waals surface area contributed by atoms with E-state index < -0.39 is 23.6 Å². The van der Waals surface area contributed by atoms with Crippen LogP contribution in [0.25, 0.3) is 43.1 Å². The topological polar surface area (TPSA) is 186 Å². The van der Waals surface area contributed by atoms with Gasteiger partial charge in [0.15, 0.2) is 0 Å². The first-order valence-electron chi connectivity index (χ1n) is 26.2. The van der Waals surface area contributed by atoms with E-state index in [1.807, 2.05) is 48.5 Å². The summed E-state index contributed by atoms with van der Waals surface area (Å²) < 4.78 is 66.7. The van der Waals surface area contributed by atoms with Gasteiger partial charge in [0, 0.05) is 86.7 Å². The number of amides is 4. The van der Waals surface area contributed by atoms with Crippen molar-refractivity contribution < 1.29 is 76.0 Å². The van der Waals surface area contributed by atoms with Gasteiger partial charge in [0.25, 0.3) is 23.6 Å². The van der Waals surface area contributed by atoms with E-state index in [9.17, 15) is 19.2 Å². The highest BCUT2D eigenvalue weighted by molar-refractivity contribution is 6.41. The minimum Gasteiger partial charge on any atom is -0.491 e. The Morgan fingerprint density at radius 3 is 0.821 bits per heavy atom. The minimum atomic E-state index is -0.400. The van der Waals surface area contributed by atoms with Gasteiger partial charge >= 0.3 is 0 Å². The van der Waals surface area contributed by atoms with E-state index in [2.05, 4.69) is 0 Å². The summed E-state index contributed by atoms with van der Waals surface area (Å²) in [5.74, 6) is 0.637. The number of benzene rings is 7. The Morgan fingerprint density at radius 2 is 0.564 bits per heavy atom. The van der Waals surface area contributed by atoms with E-state index >= 15 is 0 Å². The van der Waals surface area contributed by atoms with Gasteiger partial charge in [-0.15, -0.1) is 0 Å². The quantitative estimate of drug-likeness (QED) is 0.0166. The van der Waals surface area contributed by atoms with Crippen molar-refractivity contribution >= 4 is 66.7 Å². The maximum Gasteiger partial charge on any atom is 0.261 e. The van der Waals surface area contributed by atoms with Crippen LogP contribution < -0.4 is 18.9 Å². The molecule has 2 aliphatic heterocycles. The van der Waals surface area contributed by atoms with Gasteiger partial charge < -0.3 is 56.8 Å². The highest BCUT2D eigenvalue weighted by atomic mass is 16.6. The molecular weight excluding hydrogens is 1000 g/mol. The molecule has 4 amide bonds. The first kappa shape index (κ1) is 55.7. The van der Waals surface area contributed by atoms with Crippen LogP contribution in [0.2, 0.25) is 0 Å². The molecule has 18 nitrogen and oxygen atoms in total. The first-order valence-corrected chi connectivity index (χ1v) is 26.2. The van der Waals surface area contributed by atoms with Crippen molar-refractivity contribution in [2.75, 3.05) is 147 Å². The van der Waals surface area contributed by atoms with Crippen LogP contribution in [0.3, 0.4) is 0 Å². The second-order valence-electron chi connectivity index (χ2n) is 18.6. The molecular formula is C60H66N2O16. The predicted octanol–water partition coefficient (Wildman–Crippen LogP) is 7.58. The highest BCUT2D eigenvalue weighted by Gasteiger charge is 2.37. The molecule has 412 valence electrons. The molecule has 2 aliphatic rings. The van der Waals surface area contributed by atoms with Crippen molar-refractivity contribution in [2.45, 2.75) is 12.8 Å². The van der Waals surface area contributed by atoms with E-state index in [1.54, 1.807) is 64.8 Å². The molecule has 0 saturated heterocycles. The molecule has 0 bridgehead atoms. The Hall–Kier alpha value is -7.00. The van der Waals surface area contributed by atoms with Crippen LogP contribution in [-0.2, 0) is 50.7 Å². The number of ether oxygens (including phenoxy) is 12. The van der Waals surface area contributed by atoms with Crippen LogP contribution in [0.1, 0.15) is 52.6 Å². The van der Waals surface area contributed by atoms with E-state index in [0.29, 0.717) is 175 Å². The van der Waals surface area contributed by atoms with Gasteiger partial charge in [0.1, 0.15) is 49.4 Å². The van der Waals surface area contributed by atoms with E-state index in [-0.39, 0.29) is 13.1 Å². The van der Waals surface area contributed by atoms with E-state index in [0.717, 1.165) is 43.4 Å². The summed E-state index contributed by atoms with van der Waals surface area (Å²) >= 11 is 0. The zero-order valence-corrected chi connectivity index (χ0v) is 44.7. The second-order valence-corrected chi connectivity index (χ2v) is 18.6. The van der Waals surface area contributed by atoms with Gasteiger partial charge in [-0.05, 0) is 105 Å². The monoisotopic (exact) mass is 1070 g/mol. The van der Waals surface area contributed by atoms with Crippen LogP contribution in [0.15, 0.2) is 84.9 Å². The number of carbonyl (C=O) groups excluding carboxylic acids is 4. The van der Waals surface area contributed by atoms with Gasteiger partial charge in [-0.2, -0.15) is 0 Å². The summed E-state index contributed by atoms with van der Waals surface area (Å²) in [4.78, 5) is 60.7. The summed E-state index contributed by atoms with van der Waals surface area (Å²) in [6, 6.07) is 25.8. The summed E-state index contributed by atoms with van der Waals surface area (Å²) in [5.41, 5.74) is 3.27. The average Bonchev–Trinajstić information content (AvgIpc) is 3.64. The molecule has 0 atom stereocenters. The number of fused-ring (bicyclic) bond motifs is 2. The number of hydrogen-bond acceptors (Lipinski definition) is 16. The van der Waals surface area contributed by atoms with Crippen molar-refractivity contribution in [3.63, 3.8) is 0 Å². The second kappa shape index (κ2) is 27.0. The molecule has 78 heavy (non-hydrogen) atoms. The van der Waals surface area contributed by atoms with Crippen LogP contribution in [0.5, 0.6) is 23.0 Å². The molecule has 0 spiro atoms. The lowest BCUT2D eigenvalue weighted by Gasteiger charge is -2.30. The fourth-order valence-electron chi connectivity index (χ4n) is 9.99. The number of nitrogens with zero attached hydrogens (tertiary/aromatic N) is 2. The Morgan fingerprint density at radius 1 is 0.308 bits per heavy atom. The van der Waals surface area contributed by atoms with Crippen molar-refractivity contribution in [1.29, 1.82) is 0 Å². The maximum absolute atomic E-state index is 14.5. The van der Waals surface area contributed by atoms with Gasteiger partial charge in [0.05, 0.1) is 79.3 Å². The summed E-state index contributed by atoms with van der Waals surface area (Å²) in [6.45, 7) is 6.52. The van der Waals surface area contributed by atoms with Gasteiger partial charge in [-0.3, -0.25) is 29.0 Å². The molecule has 7 aromatic rings. The molecule has 18 heteroatoms. The summed E-state index contributed by atoms with van der Waals surface area (Å²) in [7, 11) is 6.46. The minimum absolute atomic E-state index is 0.103. The summed E-state index contributed by atoms with van der Waals surface area (Å²) in [5, 5.41) is 5.92. The molecule has 0 unspecified atom stereocenters. The molecule has 0 radical (unpaired) electrons. The fraction of sp³-hybridized carbons (Fsp3) is 0.400. The Balaban J connectivity index is 0.938. The lowest BCUT2D eigenvalue weighted by atomic mass is 9.82. The van der Waals surface area contributed by atoms with Gasteiger partial charge in [0.2, 0.25) is 0 Å². The zero-order valence-electron chi connectivity index (χ0n) is 44.7. The van der Waals surface area contributed by atoms with Crippen LogP contribution in [0, 0.1) is 0 Å². The SMILES string of the molecule is COCCOCCOc1cc(CCN2C(=O)c3ccc4c5ccc6c7c(ccc(c8ccc(c3c48)C2=O)c75)C(=O)N(CCc2cc(OCCOCCOC)cc(OCCOCCOC)c2)C6=O)cc(OCCOCCOC)c1. The third-order valence-corrected chi connectivity index (χ3v) is 13.6. The van der Waals surface area contributed by atoms with Crippen molar-refractivity contribution in [1.82, 2.24) is 9.80 Å². The van der Waals surface area contributed by atoms with Crippen molar-refractivity contribution in [2.24, 2.45) is 0 Å². The molecule has 0 saturated carbocycles. The molecule has 0 fully saturated rings. The number of hydrogen-bond donors (Lipinski definition) is 0. The molecule has 2 heterocycles. The number of rotatable bonds is 34. The van der Waals surface area contributed by atoms with E-state index in [1.165, 1.54) is 9.80 Å². The molecule has 7 aromatic carbocycles. The van der Waals surface area contributed by atoms with Gasteiger partial charge in [-0.25, -0.2) is 0 Å². The number of methoxy groups -OCH3 is 4. The molecule has 0 N–H and O–H groups in total. The molecule has 0 aliphatic carbocycles. The van der Waals surface area contributed by atoms with Crippen LogP contribution >= 0.6 is 0 Å². The maximum atomic E-state index is 14.5. The number of imide groups is 2. The average molecular weight is 1070 g/mol. The Bertz CT molecular complexity index is 2830. The van der Waals surface area contributed by atoms with Gasteiger partial charge in [-0.1, -0.05) is 24.3 Å². The normalized spacial score (nSPS) is 13.3. The van der Waals surface area contributed by atoms with Crippen LogP contribution in [0.4, 0.5) is 0 Å². The Labute approximate surface area is 452 Å². The largest absolute Gasteiger partial charge is 0.491 e. The standard InChI is InChI=1S/C60H66N2O16/c1-67-17-21-71-25-29-75-41-33-39(34-42(37-41)76-30-26-72-22-18-68-2)13-15-61-57(63)49-9-5-45-47-7-11-51-56-52(12-8-48(54(47)56)46-6-10-50(58(61)64)55(49)53(45)46)60(66)62(59(51)65)16-14-40-35-43(77-31-27-73-23-19-69-3)38-44(36-40)78-32-28-74-24-20-70-4/h5-12,33-38H,13-32H2,1-4H3. The highest BCUT2D eigenvalue weighted by Crippen LogP contribution is 2.46. The van der Waals surface area contributed by atoms with Crippen LogP contribution in [-0.4, -0.2) is 181 Å². The van der Waals surface area contributed by atoms with Crippen molar-refractivity contribution in [3.05, 3.63) is 118 Å². The van der Waals surface area contributed by atoms with E-state index in [4.69, 9.17) is 56.8 Å². The molecule has 0 aromatic heterocycles. The third-order valence-electron chi connectivity index (χ3n) is 13.6. The van der Waals surface area contributed by atoms with Crippen molar-refractivity contribution in [3.8, 4) is 23.0 Å². The predicted molar refractivity (Wildman–Crippen MR) is 291 cm³/mol. The smallest absolute Gasteiger partial charge is 0.261 e. The lowest BCUT2D eigenvalue weighted by molar-refractivity contribution is 0.0532.